The third kappa shape index (κ3) is 4.04. The topological polar surface area (TPSA) is 136 Å². The fourth-order valence-corrected chi connectivity index (χ4v) is 2.73. The normalized spacial score (nSPS) is 21.0. The highest BCUT2D eigenvalue weighted by molar-refractivity contribution is 7.52. The van der Waals surface area contributed by atoms with Crippen LogP contribution in [0.2, 0.25) is 0 Å². The summed E-state index contributed by atoms with van der Waals surface area (Å²) in [6.45, 7) is 0. The third-order valence-corrected chi connectivity index (χ3v) is 3.82. The Hall–Kier alpha value is -1.89. The number of aliphatic carboxylic acids is 1. The predicted octanol–water partition coefficient (Wildman–Crippen LogP) is 0.290. The summed E-state index contributed by atoms with van der Waals surface area (Å²) < 4.78 is 10.8. The molecular formula is C12H15N2O6P. The Morgan fingerprint density at radius 2 is 2.00 bits per heavy atom. The number of nitrogens with one attached hydrogen (secondary N) is 2. The predicted molar refractivity (Wildman–Crippen MR) is 73.9 cm³/mol. The van der Waals surface area contributed by atoms with Crippen LogP contribution >= 0.6 is 7.60 Å². The highest BCUT2D eigenvalue weighted by Crippen LogP contribution is 2.35. The van der Waals surface area contributed by atoms with Crippen LogP contribution in [0.1, 0.15) is 18.0 Å². The first-order valence-electron chi connectivity index (χ1n) is 6.18. The van der Waals surface area contributed by atoms with Crippen molar-refractivity contribution >= 4 is 25.2 Å². The molecule has 1 aliphatic heterocycles. The molecule has 1 aromatic carbocycles. The Morgan fingerprint density at radius 1 is 1.33 bits per heavy atom. The molecule has 0 aromatic heterocycles. The Labute approximate surface area is 120 Å². The Balaban J connectivity index is 2.19. The van der Waals surface area contributed by atoms with Crippen LogP contribution in [0.5, 0.6) is 0 Å². The number of carbonyl (C=O) groups is 2. The number of rotatable bonds is 4. The number of hydrogen-bond donors (Lipinski definition) is 5. The van der Waals surface area contributed by atoms with Crippen molar-refractivity contribution in [1.29, 1.82) is 0 Å². The molecular weight excluding hydrogens is 299 g/mol. The van der Waals surface area contributed by atoms with Gasteiger partial charge in [-0.2, -0.15) is 0 Å². The van der Waals surface area contributed by atoms with E-state index >= 15 is 0 Å². The van der Waals surface area contributed by atoms with E-state index in [4.69, 9.17) is 14.9 Å². The molecule has 1 aliphatic rings. The van der Waals surface area contributed by atoms with Crippen LogP contribution in [-0.4, -0.2) is 39.0 Å². The second kappa shape index (κ2) is 5.85. The summed E-state index contributed by atoms with van der Waals surface area (Å²) in [4.78, 5) is 40.4. The van der Waals surface area contributed by atoms with Crippen LogP contribution in [0, 0.1) is 0 Å². The number of fused-ring (bicyclic) bond motifs is 1. The molecule has 0 bridgehead atoms. The molecule has 0 saturated carbocycles. The minimum absolute atomic E-state index is 0.0965. The minimum atomic E-state index is -4.45. The second-order valence-corrected chi connectivity index (χ2v) is 6.45. The molecule has 2 rings (SSSR count). The molecule has 0 aliphatic carbocycles. The van der Waals surface area contributed by atoms with Crippen LogP contribution in [0.3, 0.4) is 0 Å². The molecule has 9 heteroatoms. The number of para-hydroxylation sites is 1. The first-order chi connectivity index (χ1) is 9.76. The number of amides is 1. The standard InChI is InChI=1S/C12H15N2O6P/c15-11(6-21(18,19)20)14-9-5-10(12(16)17)13-8-4-2-1-3-7(8)9/h1-4,9-10,13H,5-6H2,(H,14,15)(H,16,17)(H2,18,19,20)/t9-,10-/m1/s1. The van der Waals surface area contributed by atoms with E-state index in [0.29, 0.717) is 11.3 Å². The molecule has 1 aromatic rings. The van der Waals surface area contributed by atoms with E-state index < -0.39 is 37.7 Å². The average Bonchev–Trinajstić information content (AvgIpc) is 2.36. The van der Waals surface area contributed by atoms with Crippen molar-refractivity contribution in [3.05, 3.63) is 29.8 Å². The summed E-state index contributed by atoms with van der Waals surface area (Å²) in [6, 6.07) is 5.40. The molecule has 5 N–H and O–H groups in total. The Morgan fingerprint density at radius 3 is 2.62 bits per heavy atom. The number of carboxylic acid groups (broad SMARTS) is 1. The fourth-order valence-electron chi connectivity index (χ4n) is 2.27. The Kier molecular flexibility index (Phi) is 4.32. The van der Waals surface area contributed by atoms with E-state index in [-0.39, 0.29) is 6.42 Å². The van der Waals surface area contributed by atoms with Gasteiger partial charge in [-0.1, -0.05) is 18.2 Å². The molecule has 0 saturated heterocycles. The van der Waals surface area contributed by atoms with Gasteiger partial charge >= 0.3 is 13.6 Å². The zero-order chi connectivity index (χ0) is 15.6. The number of carbonyl (C=O) groups excluding carboxylic acids is 1. The van der Waals surface area contributed by atoms with Gasteiger partial charge in [-0.3, -0.25) is 9.36 Å². The lowest BCUT2D eigenvalue weighted by molar-refractivity contribution is -0.138. The van der Waals surface area contributed by atoms with E-state index in [2.05, 4.69) is 10.6 Å². The first-order valence-corrected chi connectivity index (χ1v) is 7.98. The minimum Gasteiger partial charge on any atom is -0.480 e. The van der Waals surface area contributed by atoms with Gasteiger partial charge in [-0.15, -0.1) is 0 Å². The molecule has 21 heavy (non-hydrogen) atoms. The zero-order valence-electron chi connectivity index (χ0n) is 10.9. The van der Waals surface area contributed by atoms with Gasteiger partial charge < -0.3 is 25.5 Å². The highest BCUT2D eigenvalue weighted by Gasteiger charge is 2.32. The van der Waals surface area contributed by atoms with Crippen LogP contribution < -0.4 is 10.6 Å². The molecule has 8 nitrogen and oxygen atoms in total. The largest absolute Gasteiger partial charge is 0.480 e. The smallest absolute Gasteiger partial charge is 0.334 e. The molecule has 0 spiro atoms. The first kappa shape index (κ1) is 15.5. The number of anilines is 1. The van der Waals surface area contributed by atoms with Crippen LogP contribution in [-0.2, 0) is 14.2 Å². The SMILES string of the molecule is O=C(CP(=O)(O)O)N[C@@H]1C[C@H](C(=O)O)Nc2ccccc21. The van der Waals surface area contributed by atoms with Gasteiger partial charge in [-0.05, 0) is 11.6 Å². The van der Waals surface area contributed by atoms with Crippen LogP contribution in [0.4, 0.5) is 5.69 Å². The molecule has 0 unspecified atom stereocenters. The van der Waals surface area contributed by atoms with E-state index in [1.807, 2.05) is 0 Å². The maximum Gasteiger partial charge on any atom is 0.334 e. The molecule has 2 atom stereocenters. The van der Waals surface area contributed by atoms with Crippen molar-refractivity contribution < 1.29 is 29.0 Å². The summed E-state index contributed by atoms with van der Waals surface area (Å²) in [5.41, 5.74) is 1.27. The molecule has 0 fully saturated rings. The van der Waals surface area contributed by atoms with Crippen LogP contribution in [0.25, 0.3) is 0 Å². The lowest BCUT2D eigenvalue weighted by Crippen LogP contribution is -2.41. The number of carboxylic acids is 1. The van der Waals surface area contributed by atoms with E-state index in [0.717, 1.165) is 0 Å². The molecule has 1 amide bonds. The van der Waals surface area contributed by atoms with E-state index in [1.165, 1.54) is 0 Å². The van der Waals surface area contributed by atoms with Gasteiger partial charge in [0.15, 0.2) is 0 Å². The highest BCUT2D eigenvalue weighted by atomic mass is 31.2. The van der Waals surface area contributed by atoms with Gasteiger partial charge in [-0.25, -0.2) is 4.79 Å². The molecule has 1 heterocycles. The fraction of sp³-hybridized carbons (Fsp3) is 0.333. The quantitative estimate of drug-likeness (QED) is 0.504. The van der Waals surface area contributed by atoms with Gasteiger partial charge in [0.05, 0.1) is 6.04 Å². The molecule has 0 radical (unpaired) electrons. The van der Waals surface area contributed by atoms with Crippen LogP contribution in [0.15, 0.2) is 24.3 Å². The second-order valence-electron chi connectivity index (χ2n) is 4.80. The monoisotopic (exact) mass is 314 g/mol. The van der Waals surface area contributed by atoms with Crippen molar-refractivity contribution in [1.82, 2.24) is 5.32 Å². The van der Waals surface area contributed by atoms with Crippen molar-refractivity contribution in [2.75, 3.05) is 11.5 Å². The maximum absolute atomic E-state index is 11.6. The number of benzene rings is 1. The average molecular weight is 314 g/mol. The van der Waals surface area contributed by atoms with Crippen molar-refractivity contribution in [3.8, 4) is 0 Å². The summed E-state index contributed by atoms with van der Waals surface area (Å²) in [5, 5.41) is 14.4. The van der Waals surface area contributed by atoms with E-state index in [9.17, 15) is 14.2 Å². The third-order valence-electron chi connectivity index (χ3n) is 3.12. The summed E-state index contributed by atoms with van der Waals surface area (Å²) in [6.07, 6.45) is -0.823. The summed E-state index contributed by atoms with van der Waals surface area (Å²) in [5.74, 6) is -1.87. The Bertz CT molecular complexity index is 614. The summed E-state index contributed by atoms with van der Waals surface area (Å²) >= 11 is 0. The molecule has 114 valence electrons. The lowest BCUT2D eigenvalue weighted by Gasteiger charge is -2.31. The van der Waals surface area contributed by atoms with Gasteiger partial charge in [0.25, 0.3) is 0 Å². The van der Waals surface area contributed by atoms with E-state index in [1.54, 1.807) is 24.3 Å². The van der Waals surface area contributed by atoms with Gasteiger partial charge in [0.1, 0.15) is 12.2 Å². The maximum atomic E-state index is 11.6. The van der Waals surface area contributed by atoms with Crippen molar-refractivity contribution in [2.45, 2.75) is 18.5 Å². The van der Waals surface area contributed by atoms with Crippen molar-refractivity contribution in [3.63, 3.8) is 0 Å². The van der Waals surface area contributed by atoms with Crippen molar-refractivity contribution in [2.24, 2.45) is 0 Å². The summed E-state index contributed by atoms with van der Waals surface area (Å²) in [7, 11) is -4.45. The van der Waals surface area contributed by atoms with Gasteiger partial charge in [0, 0.05) is 12.1 Å². The lowest BCUT2D eigenvalue weighted by atomic mass is 9.93. The zero-order valence-corrected chi connectivity index (χ0v) is 11.8. The number of hydrogen-bond acceptors (Lipinski definition) is 4. The van der Waals surface area contributed by atoms with Gasteiger partial charge in [0.2, 0.25) is 5.91 Å².